The summed E-state index contributed by atoms with van der Waals surface area (Å²) < 4.78 is 10.3. The minimum Gasteiger partial charge on any atom is -0.872 e. The van der Waals surface area contributed by atoms with Crippen LogP contribution in [0.25, 0.3) is 5.76 Å². The number of likely N-dealkylation sites (tertiary alicyclic amines) is 1. The van der Waals surface area contributed by atoms with Crippen molar-refractivity contribution in [2.45, 2.75) is 46.1 Å². The molecule has 4 rings (SSSR count). The number of rotatable bonds is 6. The predicted molar refractivity (Wildman–Crippen MR) is 140 cm³/mol. The summed E-state index contributed by atoms with van der Waals surface area (Å²) in [5, 5.41) is 14.0. The molecule has 2 aliphatic heterocycles. The summed E-state index contributed by atoms with van der Waals surface area (Å²) in [7, 11) is 1.26. The van der Waals surface area contributed by atoms with Gasteiger partial charge in [0.1, 0.15) is 18.8 Å². The van der Waals surface area contributed by atoms with Crippen LogP contribution in [0, 0.1) is 13.8 Å². The van der Waals surface area contributed by atoms with Crippen LogP contribution in [0.1, 0.15) is 65.2 Å². The Labute approximate surface area is 223 Å². The van der Waals surface area contributed by atoms with Crippen molar-refractivity contribution >= 4 is 23.4 Å². The first-order valence-corrected chi connectivity index (χ1v) is 13.0. The van der Waals surface area contributed by atoms with Crippen LogP contribution >= 0.6 is 0 Å². The number of aryl methyl sites for hydroxylation is 1. The molecule has 2 aliphatic rings. The molecular formula is C29H37N3O6. The largest absolute Gasteiger partial charge is 0.872 e. The van der Waals surface area contributed by atoms with Crippen molar-refractivity contribution in [3.8, 4) is 0 Å². The first-order valence-electron chi connectivity index (χ1n) is 13.0. The monoisotopic (exact) mass is 523 g/mol. The second kappa shape index (κ2) is 10.7. The third-order valence-electron chi connectivity index (χ3n) is 7.58. The fourth-order valence-corrected chi connectivity index (χ4v) is 5.33. The maximum Gasteiger partial charge on any atom is 0.354 e. The van der Waals surface area contributed by atoms with E-state index in [0.29, 0.717) is 43.1 Å². The number of esters is 1. The van der Waals surface area contributed by atoms with Crippen LogP contribution in [0.5, 0.6) is 0 Å². The van der Waals surface area contributed by atoms with Gasteiger partial charge in [-0.2, -0.15) is 0 Å². The Morgan fingerprint density at radius 2 is 1.79 bits per heavy atom. The second-order valence-electron chi connectivity index (χ2n) is 11.1. The molecule has 2 saturated heterocycles. The molecule has 0 radical (unpaired) electrons. The van der Waals surface area contributed by atoms with Crippen molar-refractivity contribution < 1.29 is 33.9 Å². The number of hydrogen-bond acceptors (Lipinski definition) is 6. The minimum absolute atomic E-state index is 0.0782. The molecule has 2 N–H and O–H groups in total. The lowest BCUT2D eigenvalue weighted by molar-refractivity contribution is -0.907. The van der Waals surface area contributed by atoms with Crippen molar-refractivity contribution in [1.82, 2.24) is 9.88 Å². The Bertz CT molecular complexity index is 1260. The number of nitrogens with one attached hydrogen (secondary N) is 2. The minimum atomic E-state index is -0.813. The van der Waals surface area contributed by atoms with Gasteiger partial charge < -0.3 is 29.4 Å². The van der Waals surface area contributed by atoms with Crippen LogP contribution < -0.4 is 10.0 Å². The van der Waals surface area contributed by atoms with E-state index in [2.05, 4.69) is 25.8 Å². The summed E-state index contributed by atoms with van der Waals surface area (Å²) in [5.74, 6) is -2.62. The highest BCUT2D eigenvalue weighted by molar-refractivity contribution is 6.46. The Kier molecular flexibility index (Phi) is 7.80. The normalized spacial score (nSPS) is 20.3. The highest BCUT2D eigenvalue weighted by Crippen LogP contribution is 2.40. The van der Waals surface area contributed by atoms with Gasteiger partial charge in [-0.25, -0.2) is 4.79 Å². The number of carbonyl (C=O) groups excluding carboxylic acids is 3. The number of Topliss-reactive ketones (excluding diaryl/α,β-unsaturated/α-hetero) is 1. The average Bonchev–Trinajstić information content (AvgIpc) is 3.33. The Morgan fingerprint density at radius 1 is 1.16 bits per heavy atom. The number of quaternary nitrogens is 1. The van der Waals surface area contributed by atoms with E-state index in [4.69, 9.17) is 9.47 Å². The van der Waals surface area contributed by atoms with Crippen LogP contribution in [-0.2, 0) is 24.5 Å². The van der Waals surface area contributed by atoms with Gasteiger partial charge in [-0.3, -0.25) is 9.59 Å². The van der Waals surface area contributed by atoms with Crippen LogP contribution in [0.15, 0.2) is 29.8 Å². The second-order valence-corrected chi connectivity index (χ2v) is 11.1. The van der Waals surface area contributed by atoms with Crippen LogP contribution in [-0.4, -0.2) is 74.0 Å². The van der Waals surface area contributed by atoms with Gasteiger partial charge in [0, 0.05) is 11.3 Å². The number of H-pyrrole nitrogens is 1. The zero-order valence-electron chi connectivity index (χ0n) is 23.0. The fraction of sp³-hybridized carbons (Fsp3) is 0.483. The van der Waals surface area contributed by atoms with Gasteiger partial charge in [0.15, 0.2) is 0 Å². The van der Waals surface area contributed by atoms with E-state index < -0.39 is 29.5 Å². The number of morpholine rings is 1. The number of ether oxygens (including phenoxy) is 2. The zero-order chi connectivity index (χ0) is 27.8. The lowest BCUT2D eigenvalue weighted by Crippen LogP contribution is -3.14. The lowest BCUT2D eigenvalue weighted by Gasteiger charge is -2.30. The molecule has 1 unspecified atom stereocenters. The third kappa shape index (κ3) is 5.13. The summed E-state index contributed by atoms with van der Waals surface area (Å²) >= 11 is 0. The Morgan fingerprint density at radius 3 is 2.37 bits per heavy atom. The van der Waals surface area contributed by atoms with Crippen molar-refractivity contribution in [2.75, 3.05) is 46.5 Å². The smallest absolute Gasteiger partial charge is 0.354 e. The molecule has 3 heterocycles. The van der Waals surface area contributed by atoms with Gasteiger partial charge in [0.2, 0.25) is 5.78 Å². The van der Waals surface area contributed by atoms with Gasteiger partial charge in [0.25, 0.3) is 5.91 Å². The Hall–Kier alpha value is -3.43. The summed E-state index contributed by atoms with van der Waals surface area (Å²) in [5.41, 5.74) is 2.86. The molecule has 1 aromatic heterocycles. The number of aromatic amines is 1. The van der Waals surface area contributed by atoms with Crippen LogP contribution in [0.3, 0.4) is 0 Å². The number of hydrogen-bond donors (Lipinski definition) is 2. The topological polar surface area (TPSA) is 116 Å². The van der Waals surface area contributed by atoms with Crippen molar-refractivity contribution in [3.63, 3.8) is 0 Å². The van der Waals surface area contributed by atoms with Crippen molar-refractivity contribution in [3.05, 3.63) is 63.5 Å². The fourth-order valence-electron chi connectivity index (χ4n) is 5.33. The molecule has 1 aromatic carbocycles. The van der Waals surface area contributed by atoms with Crippen molar-refractivity contribution in [1.29, 1.82) is 0 Å². The Balaban J connectivity index is 1.81. The maximum atomic E-state index is 14.0. The average molecular weight is 524 g/mol. The molecule has 0 spiro atoms. The highest BCUT2D eigenvalue weighted by Gasteiger charge is 2.45. The first-order chi connectivity index (χ1) is 18.0. The summed E-state index contributed by atoms with van der Waals surface area (Å²) in [6.45, 7) is 13.6. The quantitative estimate of drug-likeness (QED) is 0.251. The number of amides is 1. The third-order valence-corrected chi connectivity index (χ3v) is 7.58. The molecule has 2 aromatic rings. The number of nitrogens with zero attached hydrogens (tertiary/aromatic N) is 1. The number of ketones is 1. The molecule has 204 valence electrons. The van der Waals surface area contributed by atoms with Gasteiger partial charge in [-0.05, 0) is 41.5 Å². The molecule has 9 nitrogen and oxygen atoms in total. The van der Waals surface area contributed by atoms with E-state index in [1.165, 1.54) is 16.9 Å². The van der Waals surface area contributed by atoms with Gasteiger partial charge in [-0.1, -0.05) is 50.8 Å². The number of aromatic nitrogens is 1. The molecule has 0 aliphatic carbocycles. The number of carbonyl (C=O) groups is 3. The van der Waals surface area contributed by atoms with Gasteiger partial charge in [0.05, 0.1) is 39.5 Å². The molecule has 2 fully saturated rings. The number of benzene rings is 1. The zero-order valence-corrected chi connectivity index (χ0v) is 23.0. The maximum absolute atomic E-state index is 14.0. The molecule has 0 saturated carbocycles. The van der Waals surface area contributed by atoms with E-state index in [0.717, 1.165) is 18.7 Å². The summed E-state index contributed by atoms with van der Waals surface area (Å²) in [4.78, 5) is 44.8. The van der Waals surface area contributed by atoms with E-state index >= 15 is 0 Å². The molecule has 1 atom stereocenters. The SMILES string of the molecule is COC(=O)c1[nH]c(C)c(/C([O-])=C2\C(=O)C(=O)N(CC[NH+]3CCOCC3)C2c2ccc(C(C)(C)C)cc2)c1C. The highest BCUT2D eigenvalue weighted by atomic mass is 16.5. The predicted octanol–water partition coefficient (Wildman–Crippen LogP) is 0.855. The van der Waals surface area contributed by atoms with Gasteiger partial charge >= 0.3 is 5.97 Å². The van der Waals surface area contributed by atoms with Crippen LogP contribution in [0.4, 0.5) is 0 Å². The van der Waals surface area contributed by atoms with Gasteiger partial charge in [-0.15, -0.1) is 0 Å². The molecule has 0 bridgehead atoms. The first kappa shape index (κ1) is 27.6. The van der Waals surface area contributed by atoms with E-state index in [-0.39, 0.29) is 22.2 Å². The standard InChI is InChI=1S/C29H37N3O6/c1-17-21(18(2)30-23(17)28(36)37-6)25(33)22-24(19-7-9-20(10-8-19)29(3,4)5)32(27(35)26(22)34)12-11-31-13-15-38-16-14-31/h7-10,24,30,33H,11-16H2,1-6H3/b25-22+. The summed E-state index contributed by atoms with van der Waals surface area (Å²) in [6, 6.07) is 6.95. The molecule has 1 amide bonds. The molecule has 38 heavy (non-hydrogen) atoms. The lowest BCUT2D eigenvalue weighted by atomic mass is 9.85. The van der Waals surface area contributed by atoms with E-state index in [1.54, 1.807) is 13.8 Å². The van der Waals surface area contributed by atoms with E-state index in [1.807, 2.05) is 24.3 Å². The molecule has 9 heteroatoms. The van der Waals surface area contributed by atoms with E-state index in [9.17, 15) is 19.5 Å². The summed E-state index contributed by atoms with van der Waals surface area (Å²) in [6.07, 6.45) is 0. The van der Waals surface area contributed by atoms with Crippen molar-refractivity contribution in [2.24, 2.45) is 0 Å². The number of methoxy groups -OCH3 is 1. The molecular weight excluding hydrogens is 486 g/mol. The van der Waals surface area contributed by atoms with Crippen LogP contribution in [0.2, 0.25) is 0 Å².